The molecule has 0 bridgehead atoms. The van der Waals surface area contributed by atoms with E-state index in [1.165, 1.54) is 24.8 Å². The molecule has 0 spiro atoms. The van der Waals surface area contributed by atoms with E-state index >= 15 is 0 Å². The van der Waals surface area contributed by atoms with Crippen LogP contribution < -0.4 is 10.6 Å². The molecule has 4 nitrogen and oxygen atoms in total. The van der Waals surface area contributed by atoms with E-state index in [9.17, 15) is 4.79 Å². The van der Waals surface area contributed by atoms with Crippen LogP contribution in [0.25, 0.3) is 0 Å². The molecule has 0 atom stereocenters. The van der Waals surface area contributed by atoms with Crippen LogP contribution in [-0.2, 0) is 4.74 Å². The molecule has 0 aromatic rings. The van der Waals surface area contributed by atoms with Gasteiger partial charge in [0, 0.05) is 26.0 Å². The Bertz CT molecular complexity index is 244. The zero-order chi connectivity index (χ0) is 12.3. The number of amides is 2. The lowest BCUT2D eigenvalue weighted by atomic mass is 9.96. The number of rotatable bonds is 6. The predicted octanol–water partition coefficient (Wildman–Crippen LogP) is 2.56. The summed E-state index contributed by atoms with van der Waals surface area (Å²) in [6.07, 6.45) is 8.82. The molecule has 17 heavy (non-hydrogen) atoms. The fourth-order valence-corrected chi connectivity index (χ4v) is 1.89. The molecule has 0 aromatic carbocycles. The summed E-state index contributed by atoms with van der Waals surface area (Å²) in [4.78, 5) is 11.4. The summed E-state index contributed by atoms with van der Waals surface area (Å²) in [7, 11) is 0. The van der Waals surface area contributed by atoms with Gasteiger partial charge >= 0.3 is 6.03 Å². The van der Waals surface area contributed by atoms with Crippen molar-refractivity contribution in [3.63, 3.8) is 0 Å². The van der Waals surface area contributed by atoms with Crippen molar-refractivity contribution < 1.29 is 9.53 Å². The van der Waals surface area contributed by atoms with E-state index < -0.39 is 0 Å². The highest BCUT2D eigenvalue weighted by atomic mass is 16.5. The van der Waals surface area contributed by atoms with Crippen molar-refractivity contribution in [3.8, 4) is 0 Å². The fourth-order valence-electron chi connectivity index (χ4n) is 1.89. The van der Waals surface area contributed by atoms with Crippen molar-refractivity contribution in [2.45, 2.75) is 45.4 Å². The zero-order valence-electron chi connectivity index (χ0n) is 10.8. The number of urea groups is 1. The van der Waals surface area contributed by atoms with Crippen LogP contribution in [0.4, 0.5) is 4.79 Å². The molecule has 1 fully saturated rings. The predicted molar refractivity (Wildman–Crippen MR) is 68.8 cm³/mol. The van der Waals surface area contributed by atoms with E-state index in [0.717, 1.165) is 25.9 Å². The summed E-state index contributed by atoms with van der Waals surface area (Å²) in [6, 6.07) is -0.112. The second-order valence-electron chi connectivity index (χ2n) is 4.31. The molecule has 0 aromatic heterocycles. The quantitative estimate of drug-likeness (QED) is 0.701. The van der Waals surface area contributed by atoms with Crippen molar-refractivity contribution in [3.05, 3.63) is 11.8 Å². The smallest absolute Gasteiger partial charge is 0.318 e. The van der Waals surface area contributed by atoms with E-state index in [-0.39, 0.29) is 6.03 Å². The zero-order valence-corrected chi connectivity index (χ0v) is 10.8. The maximum absolute atomic E-state index is 11.4. The Labute approximate surface area is 104 Å². The van der Waals surface area contributed by atoms with Gasteiger partial charge in [-0.1, -0.05) is 12.0 Å². The summed E-state index contributed by atoms with van der Waals surface area (Å²) in [6.45, 7) is 4.07. The summed E-state index contributed by atoms with van der Waals surface area (Å²) in [5.41, 5.74) is 1.36. The Balaban J connectivity index is 2.04. The van der Waals surface area contributed by atoms with Crippen molar-refractivity contribution in [1.29, 1.82) is 0 Å². The average Bonchev–Trinajstić information content (AvgIpc) is 2.37. The second-order valence-corrected chi connectivity index (χ2v) is 4.31. The van der Waals surface area contributed by atoms with E-state index in [0.29, 0.717) is 13.2 Å². The van der Waals surface area contributed by atoms with Crippen LogP contribution in [0, 0.1) is 0 Å². The monoisotopic (exact) mass is 240 g/mol. The molecule has 0 aliphatic heterocycles. The third-order valence-electron chi connectivity index (χ3n) is 2.86. The third-order valence-corrected chi connectivity index (χ3v) is 2.86. The fraction of sp³-hybridized carbons (Fsp3) is 0.769. The van der Waals surface area contributed by atoms with Crippen LogP contribution >= 0.6 is 0 Å². The molecule has 2 amide bonds. The summed E-state index contributed by atoms with van der Waals surface area (Å²) in [5, 5.41) is 5.60. The summed E-state index contributed by atoms with van der Waals surface area (Å²) < 4.78 is 5.19. The van der Waals surface area contributed by atoms with Crippen molar-refractivity contribution in [2.24, 2.45) is 0 Å². The number of ether oxygens (including phenoxy) is 1. The lowest BCUT2D eigenvalue weighted by Gasteiger charge is -2.13. The minimum absolute atomic E-state index is 0.112. The Hall–Kier alpha value is -1.03. The number of hydrogen-bond acceptors (Lipinski definition) is 2. The van der Waals surface area contributed by atoms with Gasteiger partial charge in [0.15, 0.2) is 0 Å². The van der Waals surface area contributed by atoms with Gasteiger partial charge in [-0.05, 0) is 39.0 Å². The molecule has 0 saturated heterocycles. The Morgan fingerprint density at radius 3 is 2.82 bits per heavy atom. The van der Waals surface area contributed by atoms with Gasteiger partial charge in [-0.25, -0.2) is 4.79 Å². The largest absolute Gasteiger partial charge is 0.382 e. The summed E-state index contributed by atoms with van der Waals surface area (Å²) >= 11 is 0. The topological polar surface area (TPSA) is 50.4 Å². The van der Waals surface area contributed by atoms with Crippen LogP contribution in [0.2, 0.25) is 0 Å². The average molecular weight is 240 g/mol. The van der Waals surface area contributed by atoms with Crippen LogP contribution in [0.1, 0.15) is 45.4 Å². The maximum atomic E-state index is 11.4. The van der Waals surface area contributed by atoms with E-state index in [2.05, 4.69) is 10.6 Å². The SMILES string of the molecule is CCOCCCNC(=O)NC=C1CCCCC1. The van der Waals surface area contributed by atoms with Gasteiger partial charge in [0.05, 0.1) is 0 Å². The van der Waals surface area contributed by atoms with E-state index in [1.807, 2.05) is 13.1 Å². The Morgan fingerprint density at radius 1 is 1.35 bits per heavy atom. The van der Waals surface area contributed by atoms with Gasteiger partial charge in [-0.3, -0.25) is 0 Å². The van der Waals surface area contributed by atoms with Crippen LogP contribution in [-0.4, -0.2) is 25.8 Å². The van der Waals surface area contributed by atoms with Gasteiger partial charge in [-0.2, -0.15) is 0 Å². The molecule has 0 radical (unpaired) electrons. The van der Waals surface area contributed by atoms with Gasteiger partial charge < -0.3 is 15.4 Å². The minimum Gasteiger partial charge on any atom is -0.382 e. The summed E-state index contributed by atoms with van der Waals surface area (Å²) in [5.74, 6) is 0. The molecule has 1 rings (SSSR count). The van der Waals surface area contributed by atoms with Gasteiger partial charge in [0.25, 0.3) is 0 Å². The molecule has 1 aliphatic carbocycles. The Morgan fingerprint density at radius 2 is 2.12 bits per heavy atom. The normalized spacial score (nSPS) is 15.5. The lowest BCUT2D eigenvalue weighted by Crippen LogP contribution is -2.33. The molecule has 1 saturated carbocycles. The molecule has 2 N–H and O–H groups in total. The molecule has 4 heteroatoms. The molecule has 0 unspecified atom stereocenters. The molecular formula is C13H24N2O2. The number of hydrogen-bond donors (Lipinski definition) is 2. The maximum Gasteiger partial charge on any atom is 0.318 e. The number of carbonyl (C=O) groups excluding carboxylic acids is 1. The van der Waals surface area contributed by atoms with Crippen LogP contribution in [0.3, 0.4) is 0 Å². The van der Waals surface area contributed by atoms with Gasteiger partial charge in [-0.15, -0.1) is 0 Å². The van der Waals surface area contributed by atoms with Crippen molar-refractivity contribution in [1.82, 2.24) is 10.6 Å². The molecule has 0 heterocycles. The molecule has 98 valence electrons. The van der Waals surface area contributed by atoms with Crippen molar-refractivity contribution in [2.75, 3.05) is 19.8 Å². The van der Waals surface area contributed by atoms with E-state index in [4.69, 9.17) is 4.74 Å². The second kappa shape index (κ2) is 9.05. The molecular weight excluding hydrogens is 216 g/mol. The number of carbonyl (C=O) groups is 1. The van der Waals surface area contributed by atoms with Crippen LogP contribution in [0.15, 0.2) is 11.8 Å². The highest BCUT2D eigenvalue weighted by molar-refractivity contribution is 5.74. The molecule has 1 aliphatic rings. The first-order valence-corrected chi connectivity index (χ1v) is 6.63. The van der Waals surface area contributed by atoms with Gasteiger partial charge in [0.1, 0.15) is 0 Å². The number of allylic oxidation sites excluding steroid dienone is 1. The first kappa shape index (κ1) is 14.0. The first-order chi connectivity index (χ1) is 8.33. The van der Waals surface area contributed by atoms with E-state index in [1.54, 1.807) is 0 Å². The third kappa shape index (κ3) is 7.00. The highest BCUT2D eigenvalue weighted by Crippen LogP contribution is 2.21. The van der Waals surface area contributed by atoms with Gasteiger partial charge in [0.2, 0.25) is 0 Å². The Kier molecular flexibility index (Phi) is 7.47. The standard InChI is InChI=1S/C13H24N2O2/c1-2-17-10-6-9-14-13(16)15-11-12-7-4-3-5-8-12/h11H,2-10H2,1H3,(H2,14,15,16). The lowest BCUT2D eigenvalue weighted by molar-refractivity contribution is 0.145. The van der Waals surface area contributed by atoms with Crippen LogP contribution in [0.5, 0.6) is 0 Å². The highest BCUT2D eigenvalue weighted by Gasteiger charge is 2.05. The number of nitrogens with one attached hydrogen (secondary N) is 2. The first-order valence-electron chi connectivity index (χ1n) is 6.63. The minimum atomic E-state index is -0.112. The van der Waals surface area contributed by atoms with Crippen molar-refractivity contribution >= 4 is 6.03 Å².